The van der Waals surface area contributed by atoms with E-state index in [0.717, 1.165) is 23.1 Å². The fourth-order valence-electron chi connectivity index (χ4n) is 5.02. The normalized spacial score (nSPS) is 19.7. The fourth-order valence-corrected chi connectivity index (χ4v) is 5.02. The Morgan fingerprint density at radius 3 is 1.98 bits per heavy atom. The molecule has 0 N–H and O–H groups in total. The summed E-state index contributed by atoms with van der Waals surface area (Å²) in [4.78, 5) is 27.2. The Morgan fingerprint density at radius 2 is 1.50 bits per heavy atom. The van der Waals surface area contributed by atoms with Gasteiger partial charge in [0, 0.05) is 12.6 Å². The van der Waals surface area contributed by atoms with Crippen LogP contribution in [0.5, 0.6) is 0 Å². The fraction of sp³-hybridized carbons (Fsp3) is 0.462. The van der Waals surface area contributed by atoms with Crippen LogP contribution in [-0.2, 0) is 34.6 Å². The van der Waals surface area contributed by atoms with E-state index in [2.05, 4.69) is 0 Å². The number of carbonyl (C=O) groups excluding carboxylic acids is 2. The summed E-state index contributed by atoms with van der Waals surface area (Å²) in [5.74, 6) is -0.0822. The van der Waals surface area contributed by atoms with Crippen molar-refractivity contribution in [3.05, 3.63) is 64.2 Å². The molecule has 1 fully saturated rings. The molecule has 218 valence electrons. The molecule has 2 atom stereocenters. The van der Waals surface area contributed by atoms with Gasteiger partial charge in [-0.3, -0.25) is 9.69 Å². The lowest BCUT2D eigenvalue weighted by Gasteiger charge is -2.43. The second-order valence-corrected chi connectivity index (χ2v) is 9.69. The van der Waals surface area contributed by atoms with Gasteiger partial charge >= 0.3 is 24.6 Å². The molecule has 1 heterocycles. The summed E-state index contributed by atoms with van der Waals surface area (Å²) >= 11 is 0. The molecule has 1 aliphatic carbocycles. The van der Waals surface area contributed by atoms with Crippen molar-refractivity contribution >= 4 is 18.2 Å². The molecule has 0 saturated heterocycles. The third kappa shape index (κ3) is 6.15. The second-order valence-electron chi connectivity index (χ2n) is 9.69. The van der Waals surface area contributed by atoms with Crippen molar-refractivity contribution in [1.82, 2.24) is 4.90 Å². The highest BCUT2D eigenvalue weighted by atomic mass is 19.4. The Hall–Kier alpha value is -3.45. The molecule has 5 nitrogen and oxygen atoms in total. The predicted octanol–water partition coefficient (Wildman–Crippen LogP) is 7.59. The van der Waals surface area contributed by atoms with Crippen LogP contribution in [0, 0.1) is 5.92 Å². The first kappa shape index (κ1) is 29.5. The summed E-state index contributed by atoms with van der Waals surface area (Å²) in [5, 5.41) is 0. The van der Waals surface area contributed by atoms with E-state index in [-0.39, 0.29) is 42.7 Å². The number of alkyl halides is 9. The number of hydrogen-bond acceptors (Lipinski definition) is 3. The number of anilines is 1. The third-order valence-corrected chi connectivity index (χ3v) is 6.95. The lowest BCUT2D eigenvalue weighted by molar-refractivity contribution is -0.143. The Labute approximate surface area is 222 Å². The summed E-state index contributed by atoms with van der Waals surface area (Å²) < 4.78 is 126. The van der Waals surface area contributed by atoms with Crippen molar-refractivity contribution in [2.24, 2.45) is 5.92 Å². The van der Waals surface area contributed by atoms with Gasteiger partial charge in [-0.2, -0.15) is 39.5 Å². The Morgan fingerprint density at radius 1 is 0.925 bits per heavy atom. The van der Waals surface area contributed by atoms with Crippen molar-refractivity contribution < 1.29 is 53.8 Å². The first-order valence-corrected chi connectivity index (χ1v) is 12.2. The highest BCUT2D eigenvalue weighted by Crippen LogP contribution is 2.49. The van der Waals surface area contributed by atoms with Gasteiger partial charge in [0.25, 0.3) is 0 Å². The van der Waals surface area contributed by atoms with Crippen LogP contribution in [0.1, 0.15) is 60.0 Å². The van der Waals surface area contributed by atoms with Crippen LogP contribution in [0.2, 0.25) is 0 Å². The number of halogens is 9. The topological polar surface area (TPSA) is 49.9 Å². The molecule has 2 aliphatic rings. The predicted molar refractivity (Wildman–Crippen MR) is 123 cm³/mol. The maximum absolute atomic E-state index is 13.6. The van der Waals surface area contributed by atoms with E-state index < -0.39 is 65.5 Å². The molecule has 2 aromatic carbocycles. The molecule has 1 aliphatic heterocycles. The van der Waals surface area contributed by atoms with Crippen molar-refractivity contribution in [3.8, 4) is 0 Å². The maximum Gasteiger partial charge on any atom is 0.416 e. The number of nitrogens with zero attached hydrogens (tertiary/aromatic N) is 2. The quantitative estimate of drug-likeness (QED) is 0.261. The molecule has 40 heavy (non-hydrogen) atoms. The highest BCUT2D eigenvalue weighted by Gasteiger charge is 2.47. The summed E-state index contributed by atoms with van der Waals surface area (Å²) in [5.41, 5.74) is -4.90. The Balaban J connectivity index is 1.82. The van der Waals surface area contributed by atoms with E-state index in [4.69, 9.17) is 4.74 Å². The van der Waals surface area contributed by atoms with E-state index in [0.29, 0.717) is 25.0 Å². The van der Waals surface area contributed by atoms with E-state index in [1.807, 2.05) is 0 Å². The minimum atomic E-state index is -5.13. The number of hydrogen-bond donors (Lipinski definition) is 0. The van der Waals surface area contributed by atoms with Crippen LogP contribution < -0.4 is 4.90 Å². The van der Waals surface area contributed by atoms with Gasteiger partial charge in [0.1, 0.15) is 0 Å². The van der Waals surface area contributed by atoms with Crippen molar-refractivity contribution in [3.63, 3.8) is 0 Å². The van der Waals surface area contributed by atoms with Gasteiger partial charge in [-0.15, -0.1) is 0 Å². The van der Waals surface area contributed by atoms with Gasteiger partial charge in [0.2, 0.25) is 6.41 Å². The molecular formula is C26H23F9N2O3. The number of rotatable bonds is 6. The molecule has 1 saturated carbocycles. The minimum Gasteiger partial charge on any atom is -0.449 e. The SMILES string of the molecule is CCOC(=O)N1c2ccc(C(F)(F)F)cc2[C@@H](N(C=O)Cc2cc(C(F)(F)F)cc(C(F)(F)F)c2)C[C@@H]1C1CC1. The third-order valence-electron chi connectivity index (χ3n) is 6.95. The van der Waals surface area contributed by atoms with Crippen LogP contribution in [0.15, 0.2) is 36.4 Å². The van der Waals surface area contributed by atoms with Gasteiger partial charge in [0.05, 0.1) is 35.0 Å². The zero-order chi connectivity index (χ0) is 29.6. The van der Waals surface area contributed by atoms with Gasteiger partial charge in [-0.25, -0.2) is 4.79 Å². The number of benzene rings is 2. The van der Waals surface area contributed by atoms with E-state index in [9.17, 15) is 49.1 Å². The number of amides is 2. The van der Waals surface area contributed by atoms with Crippen LogP contribution in [0.4, 0.5) is 50.0 Å². The summed E-state index contributed by atoms with van der Waals surface area (Å²) in [6.45, 7) is 0.764. The largest absolute Gasteiger partial charge is 0.449 e. The van der Waals surface area contributed by atoms with Crippen LogP contribution in [0.3, 0.4) is 0 Å². The molecule has 0 bridgehead atoms. The van der Waals surface area contributed by atoms with Crippen LogP contribution in [-0.4, -0.2) is 30.1 Å². The second kappa shape index (κ2) is 10.5. The molecular weight excluding hydrogens is 559 g/mol. The van der Waals surface area contributed by atoms with Gasteiger partial charge in [0.15, 0.2) is 0 Å². The lowest BCUT2D eigenvalue weighted by Crippen LogP contribution is -2.49. The molecule has 14 heteroatoms. The lowest BCUT2D eigenvalue weighted by atomic mass is 9.86. The molecule has 0 spiro atoms. The number of fused-ring (bicyclic) bond motifs is 1. The number of carbonyl (C=O) groups is 2. The molecule has 0 aromatic heterocycles. The average Bonchev–Trinajstić information content (AvgIpc) is 3.70. The van der Waals surface area contributed by atoms with Crippen LogP contribution >= 0.6 is 0 Å². The zero-order valence-electron chi connectivity index (χ0n) is 20.8. The van der Waals surface area contributed by atoms with Gasteiger partial charge in [-0.1, -0.05) is 0 Å². The molecule has 4 rings (SSSR count). The summed E-state index contributed by atoms with van der Waals surface area (Å²) in [6, 6.07) is 1.62. The standard InChI is InChI=1S/C26H23F9N2O3/c1-2-40-23(39)37-20-6-5-16(24(27,28)29)10-19(20)22(11-21(37)15-3-4-15)36(13-38)12-14-7-17(25(30,31)32)9-18(8-14)26(33,34)35/h5-10,13,15,21-22H,2-4,11-12H2,1H3/t21-,22+/m1/s1. The average molecular weight is 582 g/mol. The summed E-state index contributed by atoms with van der Waals surface area (Å²) in [6.07, 6.45) is -14.5. The van der Waals surface area contributed by atoms with Crippen molar-refractivity contribution in [2.45, 2.75) is 63.3 Å². The molecule has 0 radical (unpaired) electrons. The monoisotopic (exact) mass is 582 g/mol. The zero-order valence-corrected chi connectivity index (χ0v) is 20.8. The van der Waals surface area contributed by atoms with E-state index in [1.165, 1.54) is 4.90 Å². The Bertz CT molecular complexity index is 1240. The maximum atomic E-state index is 13.6. The van der Waals surface area contributed by atoms with E-state index in [1.54, 1.807) is 6.92 Å². The molecule has 2 amide bonds. The minimum absolute atomic E-state index is 0.0199. The van der Waals surface area contributed by atoms with Crippen molar-refractivity contribution in [1.29, 1.82) is 0 Å². The Kier molecular flexibility index (Phi) is 7.76. The highest BCUT2D eigenvalue weighted by molar-refractivity contribution is 5.90. The van der Waals surface area contributed by atoms with Gasteiger partial charge < -0.3 is 9.64 Å². The number of ether oxygens (including phenoxy) is 1. The molecule has 2 aromatic rings. The van der Waals surface area contributed by atoms with Crippen molar-refractivity contribution in [2.75, 3.05) is 11.5 Å². The van der Waals surface area contributed by atoms with Crippen LogP contribution in [0.25, 0.3) is 0 Å². The smallest absolute Gasteiger partial charge is 0.416 e. The first-order chi connectivity index (χ1) is 18.5. The van der Waals surface area contributed by atoms with Gasteiger partial charge in [-0.05, 0) is 79.6 Å². The first-order valence-electron chi connectivity index (χ1n) is 12.2. The summed E-state index contributed by atoms with van der Waals surface area (Å²) in [7, 11) is 0. The van der Waals surface area contributed by atoms with E-state index >= 15 is 0 Å². The molecule has 0 unspecified atom stereocenters.